The molecule has 1 aromatic heterocycles. The van der Waals surface area contributed by atoms with Gasteiger partial charge in [-0.25, -0.2) is 4.98 Å². The van der Waals surface area contributed by atoms with Crippen molar-refractivity contribution in [3.63, 3.8) is 0 Å². The zero-order chi connectivity index (χ0) is 11.8. The number of hydrogen-bond acceptors (Lipinski definition) is 5. The van der Waals surface area contributed by atoms with Crippen LogP contribution in [0, 0.1) is 0 Å². The lowest BCUT2D eigenvalue weighted by atomic mass is 10.3. The standard InChI is InChI=1S/C11H17N3O2/c1-2-16-10(15)6-4-8-14-11-9(12)5-3-7-13-11/h3,5,7H,2,4,6,8,12H2,1H3,(H,13,14). The number of hydrogen-bond donors (Lipinski definition) is 2. The molecule has 5 nitrogen and oxygen atoms in total. The fraction of sp³-hybridized carbons (Fsp3) is 0.455. The van der Waals surface area contributed by atoms with Crippen molar-refractivity contribution in [1.82, 2.24) is 4.98 Å². The van der Waals surface area contributed by atoms with Crippen LogP contribution in [-0.2, 0) is 9.53 Å². The molecule has 0 aliphatic heterocycles. The molecule has 3 N–H and O–H groups in total. The molecule has 0 amide bonds. The van der Waals surface area contributed by atoms with E-state index in [2.05, 4.69) is 10.3 Å². The topological polar surface area (TPSA) is 77.2 Å². The predicted octanol–water partition coefficient (Wildman–Crippen LogP) is 1.42. The third-order valence-corrected chi connectivity index (χ3v) is 1.99. The molecule has 0 aliphatic rings. The number of ether oxygens (including phenoxy) is 1. The minimum Gasteiger partial charge on any atom is -0.466 e. The third-order valence-electron chi connectivity index (χ3n) is 1.99. The highest BCUT2D eigenvalue weighted by Gasteiger charge is 2.02. The average Bonchev–Trinajstić information content (AvgIpc) is 2.27. The summed E-state index contributed by atoms with van der Waals surface area (Å²) in [5, 5.41) is 3.07. The molecule has 0 aliphatic carbocycles. The number of aromatic nitrogens is 1. The first kappa shape index (κ1) is 12.3. The van der Waals surface area contributed by atoms with Gasteiger partial charge in [-0.3, -0.25) is 4.79 Å². The number of nitrogens with one attached hydrogen (secondary N) is 1. The fourth-order valence-electron chi connectivity index (χ4n) is 1.24. The quantitative estimate of drug-likeness (QED) is 0.563. The molecular weight excluding hydrogens is 206 g/mol. The molecule has 0 radical (unpaired) electrons. The normalized spacial score (nSPS) is 9.81. The first-order valence-corrected chi connectivity index (χ1v) is 5.34. The fourth-order valence-corrected chi connectivity index (χ4v) is 1.24. The first-order valence-electron chi connectivity index (χ1n) is 5.34. The van der Waals surface area contributed by atoms with Crippen molar-refractivity contribution in [2.75, 3.05) is 24.2 Å². The van der Waals surface area contributed by atoms with Crippen LogP contribution >= 0.6 is 0 Å². The summed E-state index contributed by atoms with van der Waals surface area (Å²) in [5.41, 5.74) is 6.30. The minimum absolute atomic E-state index is 0.168. The zero-order valence-electron chi connectivity index (χ0n) is 9.40. The summed E-state index contributed by atoms with van der Waals surface area (Å²) in [6.07, 6.45) is 2.78. The third kappa shape index (κ3) is 4.16. The monoisotopic (exact) mass is 223 g/mol. The smallest absolute Gasteiger partial charge is 0.305 e. The Morgan fingerprint density at radius 1 is 1.62 bits per heavy atom. The van der Waals surface area contributed by atoms with Gasteiger partial charge in [-0.15, -0.1) is 0 Å². The molecule has 0 bridgehead atoms. The molecule has 5 heteroatoms. The molecule has 0 fully saturated rings. The van der Waals surface area contributed by atoms with E-state index in [4.69, 9.17) is 10.5 Å². The molecule has 1 heterocycles. The van der Waals surface area contributed by atoms with E-state index in [0.29, 0.717) is 37.5 Å². The highest BCUT2D eigenvalue weighted by molar-refractivity contribution is 5.69. The van der Waals surface area contributed by atoms with Gasteiger partial charge in [0.1, 0.15) is 5.82 Å². The highest BCUT2D eigenvalue weighted by Crippen LogP contribution is 2.12. The molecule has 0 saturated carbocycles. The Hall–Kier alpha value is -1.78. The number of carbonyl (C=O) groups is 1. The van der Waals surface area contributed by atoms with E-state index >= 15 is 0 Å². The molecule has 0 spiro atoms. The van der Waals surface area contributed by atoms with Crippen LogP contribution in [0.15, 0.2) is 18.3 Å². The Kier molecular flexibility index (Phi) is 5.11. The van der Waals surface area contributed by atoms with Crippen LogP contribution in [0.25, 0.3) is 0 Å². The van der Waals surface area contributed by atoms with Crippen molar-refractivity contribution in [3.8, 4) is 0 Å². The number of rotatable bonds is 6. The summed E-state index contributed by atoms with van der Waals surface area (Å²) >= 11 is 0. The Bertz CT molecular complexity index is 342. The van der Waals surface area contributed by atoms with Crippen LogP contribution in [0.1, 0.15) is 19.8 Å². The summed E-state index contributed by atoms with van der Waals surface area (Å²) < 4.78 is 4.81. The maximum absolute atomic E-state index is 11.0. The average molecular weight is 223 g/mol. The van der Waals surface area contributed by atoms with Gasteiger partial charge in [0.05, 0.1) is 12.3 Å². The van der Waals surface area contributed by atoms with E-state index in [1.165, 1.54) is 0 Å². The second kappa shape index (κ2) is 6.66. The Morgan fingerprint density at radius 2 is 2.44 bits per heavy atom. The van der Waals surface area contributed by atoms with Gasteiger partial charge < -0.3 is 15.8 Å². The zero-order valence-corrected chi connectivity index (χ0v) is 9.40. The van der Waals surface area contributed by atoms with Crippen molar-refractivity contribution < 1.29 is 9.53 Å². The SMILES string of the molecule is CCOC(=O)CCCNc1ncccc1N. The molecule has 0 aromatic carbocycles. The van der Waals surface area contributed by atoms with E-state index in [1.807, 2.05) is 0 Å². The number of anilines is 2. The summed E-state index contributed by atoms with van der Waals surface area (Å²) in [4.78, 5) is 15.1. The Labute approximate surface area is 95.0 Å². The van der Waals surface area contributed by atoms with Gasteiger partial charge in [-0.2, -0.15) is 0 Å². The summed E-state index contributed by atoms with van der Waals surface area (Å²) in [6.45, 7) is 2.88. The summed E-state index contributed by atoms with van der Waals surface area (Å²) in [6, 6.07) is 3.56. The lowest BCUT2D eigenvalue weighted by Crippen LogP contribution is -2.09. The van der Waals surface area contributed by atoms with Crippen molar-refractivity contribution in [2.45, 2.75) is 19.8 Å². The van der Waals surface area contributed by atoms with Crippen molar-refractivity contribution >= 4 is 17.5 Å². The van der Waals surface area contributed by atoms with E-state index in [9.17, 15) is 4.79 Å². The van der Waals surface area contributed by atoms with Crippen molar-refractivity contribution in [1.29, 1.82) is 0 Å². The number of nitrogen functional groups attached to an aromatic ring is 1. The van der Waals surface area contributed by atoms with Crippen LogP contribution < -0.4 is 11.1 Å². The van der Waals surface area contributed by atoms with Crippen LogP contribution in [0.4, 0.5) is 11.5 Å². The largest absolute Gasteiger partial charge is 0.466 e. The summed E-state index contributed by atoms with van der Waals surface area (Å²) in [5.74, 6) is 0.490. The maximum Gasteiger partial charge on any atom is 0.305 e. The minimum atomic E-state index is -0.168. The van der Waals surface area contributed by atoms with E-state index in [1.54, 1.807) is 25.3 Å². The van der Waals surface area contributed by atoms with Gasteiger partial charge in [-0.1, -0.05) is 0 Å². The Morgan fingerprint density at radius 3 is 3.12 bits per heavy atom. The number of esters is 1. The lowest BCUT2D eigenvalue weighted by molar-refractivity contribution is -0.143. The lowest BCUT2D eigenvalue weighted by Gasteiger charge is -2.07. The molecule has 1 rings (SSSR count). The molecular formula is C11H17N3O2. The molecule has 0 unspecified atom stereocenters. The van der Waals surface area contributed by atoms with Crippen molar-refractivity contribution in [2.24, 2.45) is 0 Å². The van der Waals surface area contributed by atoms with Gasteiger partial charge in [-0.05, 0) is 25.5 Å². The number of nitrogens with zero attached hydrogens (tertiary/aromatic N) is 1. The van der Waals surface area contributed by atoms with Gasteiger partial charge in [0.2, 0.25) is 0 Å². The van der Waals surface area contributed by atoms with Gasteiger partial charge >= 0.3 is 5.97 Å². The van der Waals surface area contributed by atoms with Gasteiger partial charge in [0.15, 0.2) is 0 Å². The second-order valence-corrected chi connectivity index (χ2v) is 3.28. The van der Waals surface area contributed by atoms with E-state index in [-0.39, 0.29) is 5.97 Å². The predicted molar refractivity (Wildman–Crippen MR) is 63.0 cm³/mol. The van der Waals surface area contributed by atoms with Crippen LogP contribution in [-0.4, -0.2) is 24.1 Å². The highest BCUT2D eigenvalue weighted by atomic mass is 16.5. The molecule has 16 heavy (non-hydrogen) atoms. The molecule has 1 aromatic rings. The molecule has 0 saturated heterocycles. The van der Waals surface area contributed by atoms with Crippen LogP contribution in [0.2, 0.25) is 0 Å². The van der Waals surface area contributed by atoms with E-state index in [0.717, 1.165) is 0 Å². The number of carbonyl (C=O) groups excluding carboxylic acids is 1. The Balaban J connectivity index is 2.21. The molecule has 88 valence electrons. The van der Waals surface area contributed by atoms with Gasteiger partial charge in [0, 0.05) is 19.2 Å². The van der Waals surface area contributed by atoms with E-state index < -0.39 is 0 Å². The van der Waals surface area contributed by atoms with Crippen molar-refractivity contribution in [3.05, 3.63) is 18.3 Å². The first-order chi connectivity index (χ1) is 7.74. The molecule has 0 atom stereocenters. The number of pyridine rings is 1. The second-order valence-electron chi connectivity index (χ2n) is 3.28. The van der Waals surface area contributed by atoms with Gasteiger partial charge in [0.25, 0.3) is 0 Å². The number of nitrogens with two attached hydrogens (primary N) is 1. The maximum atomic E-state index is 11.0. The van der Waals surface area contributed by atoms with Crippen LogP contribution in [0.5, 0.6) is 0 Å². The van der Waals surface area contributed by atoms with Crippen LogP contribution in [0.3, 0.4) is 0 Å². The summed E-state index contributed by atoms with van der Waals surface area (Å²) in [7, 11) is 0.